The Labute approximate surface area is 122 Å². The average molecular weight is 288 g/mol. The van der Waals surface area contributed by atoms with Crippen LogP contribution in [-0.4, -0.2) is 16.1 Å². The van der Waals surface area contributed by atoms with Gasteiger partial charge in [0.15, 0.2) is 0 Å². The second-order valence-corrected chi connectivity index (χ2v) is 5.78. The number of benzene rings is 1. The molecular formula is C16H17FN2O2. The van der Waals surface area contributed by atoms with Crippen LogP contribution in [0.2, 0.25) is 0 Å². The Kier molecular flexibility index (Phi) is 3.93. The van der Waals surface area contributed by atoms with Crippen LogP contribution in [0.15, 0.2) is 36.5 Å². The number of nitrogens with zero attached hydrogens (tertiary/aromatic N) is 1. The topological polar surface area (TPSA) is 62.2 Å². The fraction of sp³-hybridized carbons (Fsp3) is 0.250. The Balaban J connectivity index is 2.47. The first-order chi connectivity index (χ1) is 9.79. The second-order valence-electron chi connectivity index (χ2n) is 5.78. The summed E-state index contributed by atoms with van der Waals surface area (Å²) in [5, 5.41) is 12.1. The van der Waals surface area contributed by atoms with Crippen molar-refractivity contribution in [1.29, 1.82) is 0 Å². The lowest BCUT2D eigenvalue weighted by Gasteiger charge is -2.23. The number of hydrogen-bond donors (Lipinski definition) is 2. The van der Waals surface area contributed by atoms with E-state index in [1.54, 1.807) is 0 Å². The second kappa shape index (κ2) is 5.52. The zero-order chi connectivity index (χ0) is 15.6. The maximum Gasteiger partial charge on any atom is 0.339 e. The van der Waals surface area contributed by atoms with E-state index in [1.807, 2.05) is 24.3 Å². The number of anilines is 2. The van der Waals surface area contributed by atoms with Crippen LogP contribution in [0.4, 0.5) is 15.9 Å². The standard InChI is InChI=1S/C16H17FN2O2/c1-16(2,3)12-6-4-5-7-13(12)19-14-11(15(20)21)8-10(17)9-18-14/h4-9H,1-3H3,(H,18,19)(H,20,21). The van der Waals surface area contributed by atoms with Gasteiger partial charge in [0.05, 0.1) is 6.20 Å². The molecule has 0 unspecified atom stereocenters. The van der Waals surface area contributed by atoms with Gasteiger partial charge in [-0.1, -0.05) is 39.0 Å². The Morgan fingerprint density at radius 3 is 2.57 bits per heavy atom. The lowest BCUT2D eigenvalue weighted by Crippen LogP contribution is -2.14. The highest BCUT2D eigenvalue weighted by Gasteiger charge is 2.19. The van der Waals surface area contributed by atoms with Crippen LogP contribution in [-0.2, 0) is 5.41 Å². The summed E-state index contributed by atoms with van der Waals surface area (Å²) in [6.07, 6.45) is 0.995. The summed E-state index contributed by atoms with van der Waals surface area (Å²) in [5.74, 6) is -1.78. The van der Waals surface area contributed by atoms with Gasteiger partial charge >= 0.3 is 5.97 Å². The van der Waals surface area contributed by atoms with Crippen LogP contribution in [0.25, 0.3) is 0 Å². The third kappa shape index (κ3) is 3.37. The van der Waals surface area contributed by atoms with Gasteiger partial charge in [0.1, 0.15) is 17.2 Å². The molecule has 1 aromatic carbocycles. The Morgan fingerprint density at radius 2 is 1.95 bits per heavy atom. The molecular weight excluding hydrogens is 271 g/mol. The van der Waals surface area contributed by atoms with Crippen molar-refractivity contribution < 1.29 is 14.3 Å². The van der Waals surface area contributed by atoms with Crippen LogP contribution in [0.1, 0.15) is 36.7 Å². The molecule has 0 saturated heterocycles. The normalized spacial score (nSPS) is 11.2. The molecule has 2 N–H and O–H groups in total. The molecule has 1 aromatic heterocycles. The summed E-state index contributed by atoms with van der Waals surface area (Å²) >= 11 is 0. The summed E-state index contributed by atoms with van der Waals surface area (Å²) in [5.41, 5.74) is 1.46. The summed E-state index contributed by atoms with van der Waals surface area (Å²) in [7, 11) is 0. The molecule has 1 heterocycles. The number of nitrogens with one attached hydrogen (secondary N) is 1. The molecule has 0 amide bonds. The Bertz CT molecular complexity index is 678. The van der Waals surface area contributed by atoms with Gasteiger partial charge in [-0.3, -0.25) is 0 Å². The zero-order valence-electron chi connectivity index (χ0n) is 12.1. The molecule has 0 spiro atoms. The van der Waals surface area contributed by atoms with Crippen LogP contribution < -0.4 is 5.32 Å². The molecule has 5 heteroatoms. The predicted octanol–water partition coefficient (Wildman–Crippen LogP) is 3.96. The number of halogens is 1. The Hall–Kier alpha value is -2.43. The van der Waals surface area contributed by atoms with Gasteiger partial charge in [-0.15, -0.1) is 0 Å². The lowest BCUT2D eigenvalue weighted by atomic mass is 9.86. The van der Waals surface area contributed by atoms with E-state index in [0.717, 1.165) is 23.5 Å². The number of aromatic carboxylic acids is 1. The molecule has 0 saturated carbocycles. The third-order valence-electron chi connectivity index (χ3n) is 3.07. The number of rotatable bonds is 3. The highest BCUT2D eigenvalue weighted by molar-refractivity contribution is 5.94. The summed E-state index contributed by atoms with van der Waals surface area (Å²) in [6, 6.07) is 8.53. The lowest BCUT2D eigenvalue weighted by molar-refractivity contribution is 0.0697. The summed E-state index contributed by atoms with van der Waals surface area (Å²) in [4.78, 5) is 15.1. The third-order valence-corrected chi connectivity index (χ3v) is 3.07. The van der Waals surface area contributed by atoms with Crippen LogP contribution in [0.5, 0.6) is 0 Å². The van der Waals surface area contributed by atoms with E-state index in [1.165, 1.54) is 0 Å². The van der Waals surface area contributed by atoms with Crippen molar-refractivity contribution in [3.05, 3.63) is 53.5 Å². The predicted molar refractivity (Wildman–Crippen MR) is 79.6 cm³/mol. The number of para-hydroxylation sites is 1. The van der Waals surface area contributed by atoms with Crippen molar-refractivity contribution in [1.82, 2.24) is 4.98 Å². The smallest absolute Gasteiger partial charge is 0.339 e. The molecule has 0 aliphatic heterocycles. The number of carboxylic acid groups (broad SMARTS) is 1. The quantitative estimate of drug-likeness (QED) is 0.897. The van der Waals surface area contributed by atoms with Crippen LogP contribution in [0.3, 0.4) is 0 Å². The fourth-order valence-electron chi connectivity index (χ4n) is 2.08. The van der Waals surface area contributed by atoms with Crippen molar-refractivity contribution in [3.63, 3.8) is 0 Å². The molecule has 0 atom stereocenters. The molecule has 0 radical (unpaired) electrons. The summed E-state index contributed by atoms with van der Waals surface area (Å²) in [6.45, 7) is 6.18. The van der Waals surface area contributed by atoms with Crippen molar-refractivity contribution in [2.24, 2.45) is 0 Å². The number of hydrogen-bond acceptors (Lipinski definition) is 3. The largest absolute Gasteiger partial charge is 0.478 e. The van der Waals surface area contributed by atoms with Gasteiger partial charge in [-0.2, -0.15) is 0 Å². The maximum absolute atomic E-state index is 13.2. The van der Waals surface area contributed by atoms with Gasteiger partial charge < -0.3 is 10.4 Å². The van der Waals surface area contributed by atoms with Crippen molar-refractivity contribution >= 4 is 17.5 Å². The Morgan fingerprint density at radius 1 is 1.29 bits per heavy atom. The average Bonchev–Trinajstić information content (AvgIpc) is 2.40. The van der Waals surface area contributed by atoms with Crippen LogP contribution >= 0.6 is 0 Å². The monoisotopic (exact) mass is 288 g/mol. The first-order valence-electron chi connectivity index (χ1n) is 6.54. The minimum Gasteiger partial charge on any atom is -0.478 e. The van der Waals surface area contributed by atoms with E-state index < -0.39 is 11.8 Å². The maximum atomic E-state index is 13.2. The highest BCUT2D eigenvalue weighted by Crippen LogP contribution is 2.31. The van der Waals surface area contributed by atoms with E-state index in [9.17, 15) is 9.18 Å². The first kappa shape index (κ1) is 15.0. The molecule has 0 aliphatic carbocycles. The van der Waals surface area contributed by atoms with Crippen molar-refractivity contribution in [2.45, 2.75) is 26.2 Å². The highest BCUT2D eigenvalue weighted by atomic mass is 19.1. The van der Waals surface area contributed by atoms with Gasteiger partial charge in [-0.05, 0) is 23.1 Å². The molecule has 0 fully saturated rings. The molecule has 0 bridgehead atoms. The van der Waals surface area contributed by atoms with E-state index in [-0.39, 0.29) is 16.8 Å². The zero-order valence-corrected chi connectivity index (χ0v) is 12.1. The molecule has 4 nitrogen and oxygen atoms in total. The van der Waals surface area contributed by atoms with Gasteiger partial charge in [0.25, 0.3) is 0 Å². The number of aromatic nitrogens is 1. The van der Waals surface area contributed by atoms with E-state index in [0.29, 0.717) is 0 Å². The number of carboxylic acids is 1. The van der Waals surface area contributed by atoms with Crippen LogP contribution in [0, 0.1) is 5.82 Å². The van der Waals surface area contributed by atoms with Crippen molar-refractivity contribution in [2.75, 3.05) is 5.32 Å². The van der Waals surface area contributed by atoms with E-state index in [2.05, 4.69) is 31.1 Å². The van der Waals surface area contributed by atoms with Crippen molar-refractivity contribution in [3.8, 4) is 0 Å². The van der Waals surface area contributed by atoms with Gasteiger partial charge in [0.2, 0.25) is 0 Å². The number of carbonyl (C=O) groups is 1. The number of pyridine rings is 1. The molecule has 110 valence electrons. The van der Waals surface area contributed by atoms with Gasteiger partial charge in [0, 0.05) is 5.69 Å². The molecule has 2 rings (SSSR count). The minimum atomic E-state index is -1.22. The van der Waals surface area contributed by atoms with E-state index in [4.69, 9.17) is 5.11 Å². The molecule has 0 aliphatic rings. The minimum absolute atomic E-state index is 0.118. The molecule has 21 heavy (non-hydrogen) atoms. The SMILES string of the molecule is CC(C)(C)c1ccccc1Nc1ncc(F)cc1C(=O)O. The molecule has 2 aromatic rings. The summed E-state index contributed by atoms with van der Waals surface area (Å²) < 4.78 is 13.2. The fourth-order valence-corrected chi connectivity index (χ4v) is 2.08. The van der Waals surface area contributed by atoms with Gasteiger partial charge in [-0.25, -0.2) is 14.2 Å². The first-order valence-corrected chi connectivity index (χ1v) is 6.54. The van der Waals surface area contributed by atoms with E-state index >= 15 is 0 Å².